The Morgan fingerprint density at radius 3 is 2.48 bits per heavy atom. The number of aliphatic hydroxyl groups excluding tert-OH is 2. The van der Waals surface area contributed by atoms with Gasteiger partial charge < -0.3 is 15.1 Å². The monoisotopic (exact) mass is 295 g/mol. The Morgan fingerprint density at radius 2 is 2.00 bits per heavy atom. The van der Waals surface area contributed by atoms with Crippen molar-refractivity contribution in [2.45, 2.75) is 52.2 Å². The van der Waals surface area contributed by atoms with Gasteiger partial charge in [0.2, 0.25) is 0 Å². The maximum absolute atomic E-state index is 12.2. The Labute approximate surface area is 125 Å². The highest BCUT2D eigenvalue weighted by Gasteiger charge is 2.45. The number of hydrogen-bond acceptors (Lipinski definition) is 4. The average molecular weight is 295 g/mol. The van der Waals surface area contributed by atoms with Crippen LogP contribution in [-0.2, 0) is 9.59 Å². The molecular formula is C16H25NO4. The van der Waals surface area contributed by atoms with Gasteiger partial charge in [-0.15, -0.1) is 0 Å². The molecule has 0 unspecified atom stereocenters. The summed E-state index contributed by atoms with van der Waals surface area (Å²) < 4.78 is 0. The van der Waals surface area contributed by atoms with E-state index in [-0.39, 0.29) is 17.3 Å². The van der Waals surface area contributed by atoms with Crippen LogP contribution in [0, 0.1) is 5.92 Å². The molecule has 3 atom stereocenters. The van der Waals surface area contributed by atoms with Crippen LogP contribution in [0.2, 0.25) is 0 Å². The van der Waals surface area contributed by atoms with Crippen molar-refractivity contribution >= 4 is 11.7 Å². The lowest BCUT2D eigenvalue weighted by Gasteiger charge is -2.19. The summed E-state index contributed by atoms with van der Waals surface area (Å²) in [6.45, 7) is 5.21. The first-order valence-corrected chi connectivity index (χ1v) is 7.36. The van der Waals surface area contributed by atoms with Gasteiger partial charge >= 0.3 is 0 Å². The first-order chi connectivity index (χ1) is 9.82. The minimum absolute atomic E-state index is 0.152. The van der Waals surface area contributed by atoms with Gasteiger partial charge in [0.05, 0.1) is 6.10 Å². The molecule has 1 saturated heterocycles. The molecule has 2 N–H and O–H groups in total. The molecule has 5 nitrogen and oxygen atoms in total. The zero-order valence-corrected chi connectivity index (χ0v) is 13.2. The van der Waals surface area contributed by atoms with E-state index in [1.54, 1.807) is 6.92 Å². The molecule has 1 rings (SSSR count). The Morgan fingerprint density at radius 1 is 1.38 bits per heavy atom. The highest BCUT2D eigenvalue weighted by molar-refractivity contribution is 6.26. The summed E-state index contributed by atoms with van der Waals surface area (Å²) in [5.74, 6) is -1.40. The topological polar surface area (TPSA) is 77.8 Å². The standard InChI is InChI=1S/C16H25NO4/c1-5-6-7-8-9-10(2)14(19)12-15(20)13(11(3)18)17(4)16(12)21/h5-6,10-11,13,18-19H,7-9H2,1-4H3/b6-5+,14-12-/t10-,11+,13+/m0/s1. The van der Waals surface area contributed by atoms with Crippen molar-refractivity contribution < 1.29 is 19.8 Å². The van der Waals surface area contributed by atoms with E-state index in [9.17, 15) is 19.8 Å². The van der Waals surface area contributed by atoms with E-state index in [2.05, 4.69) is 0 Å². The van der Waals surface area contributed by atoms with E-state index in [1.807, 2.05) is 19.1 Å². The molecule has 0 aromatic rings. The molecule has 0 aromatic heterocycles. The van der Waals surface area contributed by atoms with Crippen molar-refractivity contribution in [1.29, 1.82) is 0 Å². The smallest absolute Gasteiger partial charge is 0.261 e. The molecule has 1 aliphatic heterocycles. The van der Waals surface area contributed by atoms with Crippen molar-refractivity contribution in [3.63, 3.8) is 0 Å². The maximum atomic E-state index is 12.2. The summed E-state index contributed by atoms with van der Waals surface area (Å²) in [5, 5.41) is 19.9. The zero-order valence-electron chi connectivity index (χ0n) is 13.2. The van der Waals surface area contributed by atoms with E-state index in [4.69, 9.17) is 0 Å². The number of aliphatic hydroxyl groups is 2. The van der Waals surface area contributed by atoms with E-state index in [0.717, 1.165) is 12.8 Å². The van der Waals surface area contributed by atoms with Gasteiger partial charge in [-0.1, -0.05) is 19.1 Å². The number of likely N-dealkylation sites (tertiary alicyclic amines) is 1. The number of unbranched alkanes of at least 4 members (excludes halogenated alkanes) is 1. The SMILES string of the molecule is C/C=C/CCC[C@H](C)/C(O)=C1\C(=O)[C@@H]([C@@H](C)O)N(C)C1=O. The number of carbonyl (C=O) groups excluding carboxylic acids is 2. The molecule has 0 saturated carbocycles. The van der Waals surface area contributed by atoms with Crippen molar-refractivity contribution in [3.05, 3.63) is 23.5 Å². The number of nitrogens with zero attached hydrogens (tertiary/aromatic N) is 1. The summed E-state index contributed by atoms with van der Waals surface area (Å²) in [6, 6.07) is -0.898. The molecule has 0 spiro atoms. The first-order valence-electron chi connectivity index (χ1n) is 7.36. The average Bonchev–Trinajstić information content (AvgIpc) is 2.64. The third-order valence-corrected chi connectivity index (χ3v) is 3.89. The number of ketones is 1. The summed E-state index contributed by atoms with van der Waals surface area (Å²) in [7, 11) is 1.47. The number of allylic oxidation sites excluding steroid dienone is 3. The van der Waals surface area contributed by atoms with E-state index in [1.165, 1.54) is 18.9 Å². The van der Waals surface area contributed by atoms with E-state index < -0.39 is 23.8 Å². The highest BCUT2D eigenvalue weighted by atomic mass is 16.3. The molecule has 1 aliphatic rings. The number of rotatable bonds is 6. The van der Waals surface area contributed by atoms with Gasteiger partial charge in [0, 0.05) is 13.0 Å². The fraction of sp³-hybridized carbons (Fsp3) is 0.625. The molecule has 0 bridgehead atoms. The maximum Gasteiger partial charge on any atom is 0.261 e. The number of carbonyl (C=O) groups is 2. The first kappa shape index (κ1) is 17.4. The van der Waals surface area contributed by atoms with Crippen LogP contribution in [0.5, 0.6) is 0 Å². The number of likely N-dealkylation sites (N-methyl/N-ethyl adjacent to an activating group) is 1. The van der Waals surface area contributed by atoms with Gasteiger partial charge in [0.15, 0.2) is 5.78 Å². The highest BCUT2D eigenvalue weighted by Crippen LogP contribution is 2.28. The molecule has 0 aromatic carbocycles. The molecule has 1 amide bonds. The van der Waals surface area contributed by atoms with E-state index >= 15 is 0 Å². The van der Waals surface area contributed by atoms with Crippen LogP contribution < -0.4 is 0 Å². The van der Waals surface area contributed by atoms with Crippen LogP contribution in [0.25, 0.3) is 0 Å². The summed E-state index contributed by atoms with van der Waals surface area (Å²) >= 11 is 0. The summed E-state index contributed by atoms with van der Waals surface area (Å²) in [5.41, 5.74) is -0.165. The quantitative estimate of drug-likeness (QED) is 0.258. The van der Waals surface area contributed by atoms with E-state index in [0.29, 0.717) is 6.42 Å². The van der Waals surface area contributed by atoms with Gasteiger partial charge in [-0.25, -0.2) is 0 Å². The molecule has 1 heterocycles. The minimum Gasteiger partial charge on any atom is -0.511 e. The Bertz CT molecular complexity index is 465. The fourth-order valence-corrected chi connectivity index (χ4v) is 2.60. The predicted molar refractivity (Wildman–Crippen MR) is 80.7 cm³/mol. The minimum atomic E-state index is -0.957. The third-order valence-electron chi connectivity index (χ3n) is 3.89. The van der Waals surface area contributed by atoms with Crippen molar-refractivity contribution in [2.75, 3.05) is 7.05 Å². The van der Waals surface area contributed by atoms with Gasteiger partial charge in [-0.3, -0.25) is 9.59 Å². The van der Waals surface area contributed by atoms with Gasteiger partial charge in [-0.05, 0) is 33.1 Å². The second-order valence-corrected chi connectivity index (χ2v) is 5.63. The Balaban J connectivity index is 2.89. The van der Waals surface area contributed by atoms with Crippen LogP contribution in [-0.4, -0.2) is 46.0 Å². The van der Waals surface area contributed by atoms with Gasteiger partial charge in [-0.2, -0.15) is 0 Å². The number of Topliss-reactive ketones (excluding diaryl/α,β-unsaturated/α-hetero) is 1. The van der Waals surface area contributed by atoms with Gasteiger partial charge in [0.25, 0.3) is 5.91 Å². The van der Waals surface area contributed by atoms with Crippen LogP contribution in [0.1, 0.15) is 40.0 Å². The van der Waals surface area contributed by atoms with Crippen LogP contribution in [0.4, 0.5) is 0 Å². The largest absolute Gasteiger partial charge is 0.511 e. The molecular weight excluding hydrogens is 270 g/mol. The van der Waals surface area contributed by atoms with Crippen molar-refractivity contribution in [3.8, 4) is 0 Å². The predicted octanol–water partition coefficient (Wildman–Crippen LogP) is 1.97. The fourth-order valence-electron chi connectivity index (χ4n) is 2.60. The normalized spacial score (nSPS) is 24.8. The number of hydrogen-bond donors (Lipinski definition) is 2. The molecule has 118 valence electrons. The molecule has 1 fully saturated rings. The van der Waals surface area contributed by atoms with Crippen molar-refractivity contribution in [2.24, 2.45) is 5.92 Å². The Kier molecular flexibility index (Phi) is 6.15. The summed E-state index contributed by atoms with van der Waals surface area (Å²) in [4.78, 5) is 25.6. The molecule has 0 aliphatic carbocycles. The molecule has 0 radical (unpaired) electrons. The Hall–Kier alpha value is -1.62. The lowest BCUT2D eigenvalue weighted by atomic mass is 9.95. The third kappa shape index (κ3) is 3.73. The zero-order chi connectivity index (χ0) is 16.2. The lowest BCUT2D eigenvalue weighted by molar-refractivity contribution is -0.128. The number of amides is 1. The summed E-state index contributed by atoms with van der Waals surface area (Å²) in [6.07, 6.45) is 5.53. The lowest BCUT2D eigenvalue weighted by Crippen LogP contribution is -2.40. The van der Waals surface area contributed by atoms with Crippen molar-refractivity contribution in [1.82, 2.24) is 4.90 Å². The van der Waals surface area contributed by atoms with Crippen LogP contribution in [0.15, 0.2) is 23.5 Å². The second-order valence-electron chi connectivity index (χ2n) is 5.63. The van der Waals surface area contributed by atoms with Crippen LogP contribution in [0.3, 0.4) is 0 Å². The van der Waals surface area contributed by atoms with Crippen LogP contribution >= 0.6 is 0 Å². The second kappa shape index (κ2) is 7.41. The molecule has 5 heteroatoms. The van der Waals surface area contributed by atoms with Gasteiger partial charge in [0.1, 0.15) is 17.4 Å². The molecule has 21 heavy (non-hydrogen) atoms.